The molecular formula is C10H11NO5. The summed E-state index contributed by atoms with van der Waals surface area (Å²) in [5, 5.41) is 10.6. The van der Waals surface area contributed by atoms with Gasteiger partial charge in [-0.2, -0.15) is 0 Å². The van der Waals surface area contributed by atoms with Crippen molar-refractivity contribution in [1.29, 1.82) is 0 Å². The summed E-state index contributed by atoms with van der Waals surface area (Å²) in [6, 6.07) is 8.32. The quantitative estimate of drug-likeness (QED) is 0.326. The van der Waals surface area contributed by atoms with Crippen LogP contribution in [0, 0.1) is 10.1 Å². The maximum Gasteiger partial charge on any atom is 0.388 e. The van der Waals surface area contributed by atoms with E-state index in [1.807, 2.05) is 0 Å². The first-order chi connectivity index (χ1) is 7.59. The number of hydrogen-bond donors (Lipinski definition) is 0. The summed E-state index contributed by atoms with van der Waals surface area (Å²) >= 11 is 0. The van der Waals surface area contributed by atoms with Crippen LogP contribution in [0.3, 0.4) is 0 Å². The van der Waals surface area contributed by atoms with Crippen LogP contribution in [-0.4, -0.2) is 23.7 Å². The highest BCUT2D eigenvalue weighted by Gasteiger charge is 2.23. The number of hydrogen-bond acceptors (Lipinski definition) is 5. The molecule has 0 aromatic heterocycles. The first-order valence-electron chi connectivity index (χ1n) is 4.58. The van der Waals surface area contributed by atoms with E-state index in [9.17, 15) is 14.9 Å². The predicted molar refractivity (Wildman–Crippen MR) is 54.5 cm³/mol. The number of carbonyl (C=O) groups is 1. The maximum absolute atomic E-state index is 10.6. The van der Waals surface area contributed by atoms with Gasteiger partial charge in [0.15, 0.2) is 6.61 Å². The standard InChI is InChI=1S/C10H11NO5/c1-8(12)15-7-10(11(13)14)16-9-5-3-2-4-6-9/h2-6,10H,7H2,1H3. The van der Waals surface area contributed by atoms with Gasteiger partial charge < -0.3 is 9.47 Å². The molecule has 0 heterocycles. The first kappa shape index (κ1) is 12.0. The molecule has 1 rings (SSSR count). The lowest BCUT2D eigenvalue weighted by atomic mass is 10.3. The number of esters is 1. The van der Waals surface area contributed by atoms with Crippen LogP contribution in [0.25, 0.3) is 0 Å². The zero-order chi connectivity index (χ0) is 12.0. The average Bonchev–Trinajstić information content (AvgIpc) is 2.25. The van der Waals surface area contributed by atoms with E-state index < -0.39 is 23.7 Å². The Hall–Kier alpha value is -2.11. The topological polar surface area (TPSA) is 78.7 Å². The van der Waals surface area contributed by atoms with Gasteiger partial charge >= 0.3 is 12.2 Å². The summed E-state index contributed by atoms with van der Waals surface area (Å²) in [4.78, 5) is 20.5. The van der Waals surface area contributed by atoms with Gasteiger partial charge in [-0.05, 0) is 12.1 Å². The molecule has 0 saturated heterocycles. The van der Waals surface area contributed by atoms with Crippen LogP contribution in [0.2, 0.25) is 0 Å². The molecule has 0 bridgehead atoms. The van der Waals surface area contributed by atoms with E-state index in [2.05, 4.69) is 4.74 Å². The molecule has 0 saturated carbocycles. The second kappa shape index (κ2) is 5.69. The molecule has 0 aliphatic carbocycles. The third-order valence-corrected chi connectivity index (χ3v) is 1.68. The number of para-hydroxylation sites is 1. The van der Waals surface area contributed by atoms with E-state index in [-0.39, 0.29) is 0 Å². The summed E-state index contributed by atoms with van der Waals surface area (Å²) in [5.41, 5.74) is 0. The Kier molecular flexibility index (Phi) is 4.26. The van der Waals surface area contributed by atoms with Crippen molar-refractivity contribution in [3.8, 4) is 5.75 Å². The highest BCUT2D eigenvalue weighted by Crippen LogP contribution is 2.11. The van der Waals surface area contributed by atoms with E-state index in [0.29, 0.717) is 5.75 Å². The van der Waals surface area contributed by atoms with Gasteiger partial charge in [0.1, 0.15) is 5.75 Å². The normalized spacial score (nSPS) is 11.6. The average molecular weight is 225 g/mol. The second-order valence-corrected chi connectivity index (χ2v) is 2.97. The molecule has 1 aromatic carbocycles. The fourth-order valence-electron chi connectivity index (χ4n) is 0.983. The van der Waals surface area contributed by atoms with E-state index in [1.165, 1.54) is 6.92 Å². The fraction of sp³-hybridized carbons (Fsp3) is 0.300. The van der Waals surface area contributed by atoms with Crippen LogP contribution in [0.5, 0.6) is 5.75 Å². The van der Waals surface area contributed by atoms with Gasteiger partial charge in [0, 0.05) is 6.92 Å². The van der Waals surface area contributed by atoms with Gasteiger partial charge in [0.2, 0.25) is 0 Å². The molecule has 1 aromatic rings. The first-order valence-corrected chi connectivity index (χ1v) is 4.58. The Bertz CT molecular complexity index is 365. The van der Waals surface area contributed by atoms with Crippen molar-refractivity contribution in [1.82, 2.24) is 0 Å². The number of ether oxygens (including phenoxy) is 2. The molecule has 0 spiro atoms. The molecule has 0 aliphatic rings. The Morgan fingerprint density at radius 2 is 2.06 bits per heavy atom. The summed E-state index contributed by atoms with van der Waals surface area (Å²) in [6.45, 7) is 0.775. The SMILES string of the molecule is CC(=O)OCC(Oc1ccccc1)[N+](=O)[O-]. The van der Waals surface area contributed by atoms with Crippen LogP contribution in [0.1, 0.15) is 6.92 Å². The molecule has 0 radical (unpaired) electrons. The van der Waals surface area contributed by atoms with Crippen LogP contribution < -0.4 is 4.74 Å². The van der Waals surface area contributed by atoms with Crippen molar-refractivity contribution in [2.75, 3.05) is 6.61 Å². The molecule has 6 heteroatoms. The van der Waals surface area contributed by atoms with E-state index >= 15 is 0 Å². The Labute approximate surface area is 91.9 Å². The zero-order valence-electron chi connectivity index (χ0n) is 8.66. The van der Waals surface area contributed by atoms with E-state index in [4.69, 9.17) is 4.74 Å². The van der Waals surface area contributed by atoms with E-state index in [1.54, 1.807) is 30.3 Å². The van der Waals surface area contributed by atoms with Gasteiger partial charge in [-0.25, -0.2) is 0 Å². The number of benzene rings is 1. The largest absolute Gasteiger partial charge is 0.454 e. The van der Waals surface area contributed by atoms with Gasteiger partial charge in [-0.3, -0.25) is 14.9 Å². The molecule has 0 amide bonds. The Morgan fingerprint density at radius 3 is 2.56 bits per heavy atom. The summed E-state index contributed by atoms with van der Waals surface area (Å²) in [5.74, 6) is -0.222. The number of carbonyl (C=O) groups excluding carboxylic acids is 1. The van der Waals surface area contributed by atoms with Crippen LogP contribution in [-0.2, 0) is 9.53 Å². The van der Waals surface area contributed by atoms with Crippen molar-refractivity contribution in [3.05, 3.63) is 40.4 Å². The number of nitro groups is 1. The molecule has 6 nitrogen and oxygen atoms in total. The van der Waals surface area contributed by atoms with Crippen molar-refractivity contribution in [3.63, 3.8) is 0 Å². The molecule has 0 N–H and O–H groups in total. The lowest BCUT2D eigenvalue weighted by molar-refractivity contribution is -0.565. The molecule has 1 unspecified atom stereocenters. The number of nitrogens with zero attached hydrogens (tertiary/aromatic N) is 1. The van der Waals surface area contributed by atoms with Crippen molar-refractivity contribution >= 4 is 5.97 Å². The van der Waals surface area contributed by atoms with Crippen molar-refractivity contribution in [2.45, 2.75) is 13.2 Å². The minimum Gasteiger partial charge on any atom is -0.454 e. The third kappa shape index (κ3) is 3.95. The zero-order valence-corrected chi connectivity index (χ0v) is 8.66. The molecule has 1 atom stereocenters. The molecule has 0 fully saturated rings. The lowest BCUT2D eigenvalue weighted by Crippen LogP contribution is -2.32. The second-order valence-electron chi connectivity index (χ2n) is 2.97. The fourth-order valence-corrected chi connectivity index (χ4v) is 0.983. The van der Waals surface area contributed by atoms with Gasteiger partial charge in [0.05, 0.1) is 4.92 Å². The van der Waals surface area contributed by atoms with Crippen molar-refractivity contribution < 1.29 is 19.2 Å². The highest BCUT2D eigenvalue weighted by molar-refractivity contribution is 5.65. The maximum atomic E-state index is 10.6. The number of rotatable bonds is 5. The molecule has 16 heavy (non-hydrogen) atoms. The van der Waals surface area contributed by atoms with Crippen LogP contribution >= 0.6 is 0 Å². The predicted octanol–water partition coefficient (Wildman–Crippen LogP) is 1.23. The summed E-state index contributed by atoms with van der Waals surface area (Å²) in [7, 11) is 0. The third-order valence-electron chi connectivity index (χ3n) is 1.68. The van der Waals surface area contributed by atoms with Gasteiger partial charge in [-0.15, -0.1) is 0 Å². The van der Waals surface area contributed by atoms with Crippen molar-refractivity contribution in [2.24, 2.45) is 0 Å². The molecular weight excluding hydrogens is 214 g/mol. The summed E-state index contributed by atoms with van der Waals surface area (Å²) < 4.78 is 9.58. The lowest BCUT2D eigenvalue weighted by Gasteiger charge is -2.11. The summed E-state index contributed by atoms with van der Waals surface area (Å²) in [6.07, 6.45) is -1.38. The Balaban J connectivity index is 2.58. The molecule has 0 aliphatic heterocycles. The van der Waals surface area contributed by atoms with Gasteiger partial charge in [0.25, 0.3) is 0 Å². The molecule has 86 valence electrons. The minimum absolute atomic E-state index is 0.358. The van der Waals surface area contributed by atoms with E-state index in [0.717, 1.165) is 0 Å². The van der Waals surface area contributed by atoms with Crippen LogP contribution in [0.4, 0.5) is 0 Å². The minimum atomic E-state index is -1.38. The highest BCUT2D eigenvalue weighted by atomic mass is 16.7. The smallest absolute Gasteiger partial charge is 0.388 e. The Morgan fingerprint density at radius 1 is 1.44 bits per heavy atom. The van der Waals surface area contributed by atoms with Crippen LogP contribution in [0.15, 0.2) is 30.3 Å². The monoisotopic (exact) mass is 225 g/mol. The van der Waals surface area contributed by atoms with Gasteiger partial charge in [-0.1, -0.05) is 18.2 Å².